The van der Waals surface area contributed by atoms with E-state index >= 15 is 0 Å². The van der Waals surface area contributed by atoms with Gasteiger partial charge in [-0.2, -0.15) is 5.10 Å². The number of nitrogens with one attached hydrogen (secondary N) is 1. The number of halogens is 1. The monoisotopic (exact) mass is 441 g/mol. The van der Waals surface area contributed by atoms with Gasteiger partial charge in [0.25, 0.3) is 5.69 Å². The van der Waals surface area contributed by atoms with Gasteiger partial charge in [0.1, 0.15) is 11.5 Å². The highest BCUT2D eigenvalue weighted by Gasteiger charge is 2.13. The molecule has 3 aromatic rings. The van der Waals surface area contributed by atoms with Crippen LogP contribution in [0.2, 0.25) is 0 Å². The van der Waals surface area contributed by atoms with Gasteiger partial charge in [0.05, 0.1) is 17.6 Å². The van der Waals surface area contributed by atoms with Crippen LogP contribution in [0.4, 0.5) is 5.69 Å². The normalized spacial score (nSPS) is 10.9. The van der Waals surface area contributed by atoms with Gasteiger partial charge in [-0.05, 0) is 42.3 Å². The van der Waals surface area contributed by atoms with E-state index < -0.39 is 4.92 Å². The first-order valence-electron chi connectivity index (χ1n) is 8.34. The van der Waals surface area contributed by atoms with Crippen LogP contribution in [-0.2, 0) is 11.2 Å². The van der Waals surface area contributed by atoms with Crippen LogP contribution in [0.25, 0.3) is 11.3 Å². The van der Waals surface area contributed by atoms with Gasteiger partial charge in [-0.15, -0.1) is 0 Å². The lowest BCUT2D eigenvalue weighted by Crippen LogP contribution is -2.19. The van der Waals surface area contributed by atoms with E-state index in [1.165, 1.54) is 18.3 Å². The highest BCUT2D eigenvalue weighted by atomic mass is 79.9. The van der Waals surface area contributed by atoms with Crippen LogP contribution < -0.4 is 5.43 Å². The predicted molar refractivity (Wildman–Crippen MR) is 109 cm³/mol. The molecule has 28 heavy (non-hydrogen) atoms. The molecule has 142 valence electrons. The van der Waals surface area contributed by atoms with Crippen LogP contribution in [0, 0.1) is 17.0 Å². The summed E-state index contributed by atoms with van der Waals surface area (Å²) in [6.07, 6.45) is 1.59. The van der Waals surface area contributed by atoms with E-state index in [0.29, 0.717) is 17.1 Å². The van der Waals surface area contributed by atoms with Crippen molar-refractivity contribution in [3.63, 3.8) is 0 Å². The van der Waals surface area contributed by atoms with E-state index in [0.717, 1.165) is 15.6 Å². The lowest BCUT2D eigenvalue weighted by molar-refractivity contribution is -0.384. The molecule has 0 bridgehead atoms. The van der Waals surface area contributed by atoms with Crippen LogP contribution >= 0.6 is 15.9 Å². The third-order valence-corrected chi connectivity index (χ3v) is 4.51. The molecule has 8 heteroatoms. The Morgan fingerprint density at radius 2 is 1.96 bits per heavy atom. The number of hydrazone groups is 1. The number of aryl methyl sites for hydroxylation is 1. The quantitative estimate of drug-likeness (QED) is 0.342. The summed E-state index contributed by atoms with van der Waals surface area (Å²) in [5.74, 6) is 0.661. The Hall–Kier alpha value is -3.26. The van der Waals surface area contributed by atoms with Crippen molar-refractivity contribution >= 4 is 33.7 Å². The Morgan fingerprint density at radius 3 is 2.68 bits per heavy atom. The van der Waals surface area contributed by atoms with Crippen molar-refractivity contribution in [2.45, 2.75) is 13.3 Å². The second-order valence-electron chi connectivity index (χ2n) is 6.05. The summed E-state index contributed by atoms with van der Waals surface area (Å²) in [5, 5.41) is 14.9. The van der Waals surface area contributed by atoms with E-state index in [2.05, 4.69) is 26.5 Å². The molecule has 7 nitrogen and oxygen atoms in total. The van der Waals surface area contributed by atoms with E-state index in [1.807, 2.05) is 31.2 Å². The van der Waals surface area contributed by atoms with Crippen molar-refractivity contribution in [1.29, 1.82) is 0 Å². The number of hydrogen-bond donors (Lipinski definition) is 1. The van der Waals surface area contributed by atoms with Crippen LogP contribution in [0.3, 0.4) is 0 Å². The zero-order valence-electron chi connectivity index (χ0n) is 14.9. The number of nitrogens with zero attached hydrogens (tertiary/aromatic N) is 2. The highest BCUT2D eigenvalue weighted by Crippen LogP contribution is 2.28. The van der Waals surface area contributed by atoms with Crippen molar-refractivity contribution in [2.75, 3.05) is 0 Å². The number of rotatable bonds is 6. The third kappa shape index (κ3) is 4.92. The van der Waals surface area contributed by atoms with Crippen LogP contribution in [0.15, 0.2) is 68.6 Å². The van der Waals surface area contributed by atoms with Crippen LogP contribution in [-0.4, -0.2) is 17.0 Å². The Kier molecular flexibility index (Phi) is 6.00. The first-order chi connectivity index (χ1) is 13.4. The molecule has 3 rings (SSSR count). The van der Waals surface area contributed by atoms with Crippen molar-refractivity contribution in [3.05, 3.63) is 86.1 Å². The number of furan rings is 1. The first kappa shape index (κ1) is 19.5. The zero-order chi connectivity index (χ0) is 20.1. The minimum atomic E-state index is -0.449. The van der Waals surface area contributed by atoms with Gasteiger partial charge in [-0.1, -0.05) is 34.1 Å². The molecular formula is C20H16BrN3O4. The SMILES string of the molecule is Cc1ccc([N+](=O)[O-])cc1-c1ccc(/C=N\NC(=O)Cc2ccc(Br)cc2)o1. The average Bonchev–Trinajstić information content (AvgIpc) is 3.12. The molecule has 1 N–H and O–H groups in total. The van der Waals surface area contributed by atoms with E-state index in [4.69, 9.17) is 4.42 Å². The summed E-state index contributed by atoms with van der Waals surface area (Å²) >= 11 is 3.35. The van der Waals surface area contributed by atoms with E-state index in [9.17, 15) is 14.9 Å². The topological polar surface area (TPSA) is 97.7 Å². The maximum absolute atomic E-state index is 11.9. The second kappa shape index (κ2) is 8.62. The molecule has 1 heterocycles. The molecule has 0 aliphatic carbocycles. The molecule has 0 atom stereocenters. The first-order valence-corrected chi connectivity index (χ1v) is 9.13. The minimum absolute atomic E-state index is 0.00702. The maximum atomic E-state index is 11.9. The molecule has 0 saturated heterocycles. The number of nitro benzene ring substituents is 1. The standard InChI is InChI=1S/C20H16BrN3O4/c1-13-2-7-16(24(26)27)11-18(13)19-9-8-17(28-19)12-22-23-20(25)10-14-3-5-15(21)6-4-14/h2-9,11-12H,10H2,1H3,(H,23,25)/b22-12-. The van der Waals surface area contributed by atoms with Crippen molar-refractivity contribution in [1.82, 2.24) is 5.43 Å². The number of carbonyl (C=O) groups excluding carboxylic acids is 1. The van der Waals surface area contributed by atoms with Gasteiger partial charge in [-0.3, -0.25) is 14.9 Å². The summed E-state index contributed by atoms with van der Waals surface area (Å²) in [6.45, 7) is 1.84. The molecule has 1 aromatic heterocycles. The molecule has 0 aliphatic heterocycles. The molecule has 0 radical (unpaired) electrons. The fourth-order valence-electron chi connectivity index (χ4n) is 2.55. The summed E-state index contributed by atoms with van der Waals surface area (Å²) in [6, 6.07) is 15.4. The molecule has 0 unspecified atom stereocenters. The smallest absolute Gasteiger partial charge is 0.270 e. The molecule has 0 saturated carbocycles. The van der Waals surface area contributed by atoms with Crippen LogP contribution in [0.1, 0.15) is 16.9 Å². The van der Waals surface area contributed by atoms with E-state index in [1.54, 1.807) is 18.2 Å². The van der Waals surface area contributed by atoms with Gasteiger partial charge < -0.3 is 4.42 Å². The van der Waals surface area contributed by atoms with E-state index in [-0.39, 0.29) is 18.0 Å². The third-order valence-electron chi connectivity index (χ3n) is 3.98. The van der Waals surface area contributed by atoms with Gasteiger partial charge in [0.15, 0.2) is 0 Å². The predicted octanol–water partition coefficient (Wildman–Crippen LogP) is 4.62. The fourth-order valence-corrected chi connectivity index (χ4v) is 2.82. The maximum Gasteiger partial charge on any atom is 0.270 e. The number of amides is 1. The fraction of sp³-hybridized carbons (Fsp3) is 0.100. The number of non-ortho nitro benzene ring substituents is 1. The molecule has 0 aliphatic rings. The number of carbonyl (C=O) groups is 1. The Balaban J connectivity index is 1.64. The zero-order valence-corrected chi connectivity index (χ0v) is 16.5. The second-order valence-corrected chi connectivity index (χ2v) is 6.97. The van der Waals surface area contributed by atoms with Crippen molar-refractivity contribution < 1.29 is 14.1 Å². The minimum Gasteiger partial charge on any atom is -0.455 e. The summed E-state index contributed by atoms with van der Waals surface area (Å²) < 4.78 is 6.62. The van der Waals surface area contributed by atoms with Crippen LogP contribution in [0.5, 0.6) is 0 Å². The van der Waals surface area contributed by atoms with Crippen molar-refractivity contribution in [2.24, 2.45) is 5.10 Å². The van der Waals surface area contributed by atoms with Gasteiger partial charge >= 0.3 is 0 Å². The lowest BCUT2D eigenvalue weighted by atomic mass is 10.1. The summed E-state index contributed by atoms with van der Waals surface area (Å²) in [4.78, 5) is 22.4. The highest BCUT2D eigenvalue weighted by molar-refractivity contribution is 9.10. The lowest BCUT2D eigenvalue weighted by Gasteiger charge is -2.02. The molecule has 1 amide bonds. The van der Waals surface area contributed by atoms with Gasteiger partial charge in [-0.25, -0.2) is 5.43 Å². The number of hydrogen-bond acceptors (Lipinski definition) is 5. The summed E-state index contributed by atoms with van der Waals surface area (Å²) in [5.41, 5.74) is 4.80. The Morgan fingerprint density at radius 1 is 1.21 bits per heavy atom. The van der Waals surface area contributed by atoms with Gasteiger partial charge in [0.2, 0.25) is 5.91 Å². The van der Waals surface area contributed by atoms with Crippen molar-refractivity contribution in [3.8, 4) is 11.3 Å². The largest absolute Gasteiger partial charge is 0.455 e. The summed E-state index contributed by atoms with van der Waals surface area (Å²) in [7, 11) is 0. The Labute approximate surface area is 169 Å². The average molecular weight is 442 g/mol. The molecule has 0 spiro atoms. The number of nitro groups is 1. The molecule has 2 aromatic carbocycles. The molecular weight excluding hydrogens is 426 g/mol. The Bertz CT molecular complexity index is 1040. The number of benzene rings is 2. The van der Waals surface area contributed by atoms with Gasteiger partial charge in [0, 0.05) is 22.2 Å². The molecule has 0 fully saturated rings.